The SMILES string of the molecule is CCCOc1ccc(/C=C(/C#N)c2nc3ccccc3[nH]2)cc1OCC. The van der Waals surface area contributed by atoms with E-state index in [0.29, 0.717) is 36.1 Å². The van der Waals surface area contributed by atoms with Crippen LogP contribution in [0.3, 0.4) is 0 Å². The summed E-state index contributed by atoms with van der Waals surface area (Å²) >= 11 is 0. The molecule has 1 aromatic heterocycles. The van der Waals surface area contributed by atoms with Gasteiger partial charge in [0.05, 0.1) is 29.8 Å². The molecule has 3 rings (SSSR count). The summed E-state index contributed by atoms with van der Waals surface area (Å²) in [7, 11) is 0. The number of nitrogens with zero attached hydrogens (tertiary/aromatic N) is 2. The number of hydrogen-bond acceptors (Lipinski definition) is 4. The molecular formula is C21H21N3O2. The van der Waals surface area contributed by atoms with Crippen molar-refractivity contribution in [2.45, 2.75) is 20.3 Å². The highest BCUT2D eigenvalue weighted by atomic mass is 16.5. The molecule has 0 radical (unpaired) electrons. The summed E-state index contributed by atoms with van der Waals surface area (Å²) < 4.78 is 11.4. The number of nitriles is 1. The highest BCUT2D eigenvalue weighted by Gasteiger charge is 2.10. The fourth-order valence-electron chi connectivity index (χ4n) is 2.61. The summed E-state index contributed by atoms with van der Waals surface area (Å²) in [6.07, 6.45) is 2.72. The fourth-order valence-corrected chi connectivity index (χ4v) is 2.61. The van der Waals surface area contributed by atoms with E-state index in [2.05, 4.69) is 23.0 Å². The number of allylic oxidation sites excluding steroid dienone is 1. The first kappa shape index (κ1) is 17.6. The van der Waals surface area contributed by atoms with Crippen molar-refractivity contribution in [1.82, 2.24) is 9.97 Å². The second-order valence-electron chi connectivity index (χ2n) is 5.76. The van der Waals surface area contributed by atoms with Gasteiger partial charge in [-0.2, -0.15) is 5.26 Å². The van der Waals surface area contributed by atoms with Crippen molar-refractivity contribution in [1.29, 1.82) is 5.26 Å². The topological polar surface area (TPSA) is 70.9 Å². The van der Waals surface area contributed by atoms with E-state index in [-0.39, 0.29) is 0 Å². The summed E-state index contributed by atoms with van der Waals surface area (Å²) in [6.45, 7) is 5.17. The maximum absolute atomic E-state index is 9.58. The van der Waals surface area contributed by atoms with E-state index in [0.717, 1.165) is 23.0 Å². The maximum Gasteiger partial charge on any atom is 0.161 e. The van der Waals surface area contributed by atoms with Gasteiger partial charge in [0, 0.05) is 0 Å². The van der Waals surface area contributed by atoms with E-state index in [1.165, 1.54) is 0 Å². The molecule has 0 aliphatic carbocycles. The lowest BCUT2D eigenvalue weighted by Crippen LogP contribution is -2.00. The first-order chi connectivity index (χ1) is 12.7. The summed E-state index contributed by atoms with van der Waals surface area (Å²) in [5.41, 5.74) is 3.06. The Hall–Kier alpha value is -3.26. The van der Waals surface area contributed by atoms with Crippen LogP contribution in [-0.2, 0) is 0 Å². The van der Waals surface area contributed by atoms with Gasteiger partial charge >= 0.3 is 0 Å². The third-order valence-corrected chi connectivity index (χ3v) is 3.81. The summed E-state index contributed by atoms with van der Waals surface area (Å²) in [4.78, 5) is 7.68. The van der Waals surface area contributed by atoms with Crippen LogP contribution in [0.2, 0.25) is 0 Å². The summed E-state index contributed by atoms with van der Waals surface area (Å²) in [5, 5.41) is 9.58. The molecule has 5 heteroatoms. The quantitative estimate of drug-likeness (QED) is 0.622. The number of rotatable bonds is 7. The highest BCUT2D eigenvalue weighted by Crippen LogP contribution is 2.30. The molecule has 0 fully saturated rings. The Morgan fingerprint density at radius 2 is 2.00 bits per heavy atom. The Labute approximate surface area is 152 Å². The zero-order chi connectivity index (χ0) is 18.4. The maximum atomic E-state index is 9.58. The van der Waals surface area contributed by atoms with Crippen LogP contribution >= 0.6 is 0 Å². The number of ether oxygens (including phenoxy) is 2. The molecule has 1 N–H and O–H groups in total. The molecule has 0 saturated heterocycles. The van der Waals surface area contributed by atoms with Gasteiger partial charge in [-0.05, 0) is 49.2 Å². The molecule has 0 amide bonds. The van der Waals surface area contributed by atoms with Crippen LogP contribution in [0.1, 0.15) is 31.7 Å². The van der Waals surface area contributed by atoms with Gasteiger partial charge in [0.25, 0.3) is 0 Å². The molecule has 0 bridgehead atoms. The van der Waals surface area contributed by atoms with Crippen molar-refractivity contribution in [3.63, 3.8) is 0 Å². The molecule has 3 aromatic rings. The van der Waals surface area contributed by atoms with E-state index < -0.39 is 0 Å². The second kappa shape index (κ2) is 8.21. The van der Waals surface area contributed by atoms with Crippen molar-refractivity contribution >= 4 is 22.7 Å². The molecule has 5 nitrogen and oxygen atoms in total. The van der Waals surface area contributed by atoms with Crippen LogP contribution < -0.4 is 9.47 Å². The molecular weight excluding hydrogens is 326 g/mol. The average Bonchev–Trinajstić information content (AvgIpc) is 3.09. The smallest absolute Gasteiger partial charge is 0.161 e. The minimum Gasteiger partial charge on any atom is -0.490 e. The van der Waals surface area contributed by atoms with E-state index in [4.69, 9.17) is 9.47 Å². The van der Waals surface area contributed by atoms with E-state index in [9.17, 15) is 5.26 Å². The average molecular weight is 347 g/mol. The Morgan fingerprint density at radius 1 is 1.15 bits per heavy atom. The first-order valence-electron chi connectivity index (χ1n) is 8.71. The lowest BCUT2D eigenvalue weighted by Gasteiger charge is -2.12. The zero-order valence-electron chi connectivity index (χ0n) is 15.0. The number of imidazole rings is 1. The Bertz CT molecular complexity index is 934. The molecule has 26 heavy (non-hydrogen) atoms. The molecule has 0 aliphatic heterocycles. The molecule has 0 atom stereocenters. The molecule has 1 heterocycles. The van der Waals surface area contributed by atoms with Crippen LogP contribution in [0.25, 0.3) is 22.7 Å². The lowest BCUT2D eigenvalue weighted by molar-refractivity contribution is 0.277. The number of aromatic amines is 1. The van der Waals surface area contributed by atoms with Gasteiger partial charge in [0.15, 0.2) is 11.5 Å². The molecule has 0 aliphatic rings. The number of benzene rings is 2. The highest BCUT2D eigenvalue weighted by molar-refractivity contribution is 5.90. The van der Waals surface area contributed by atoms with Crippen LogP contribution in [0.15, 0.2) is 42.5 Å². The van der Waals surface area contributed by atoms with Crippen LogP contribution in [-0.4, -0.2) is 23.2 Å². The van der Waals surface area contributed by atoms with Crippen LogP contribution in [0.5, 0.6) is 11.5 Å². The van der Waals surface area contributed by atoms with Gasteiger partial charge < -0.3 is 14.5 Å². The number of aromatic nitrogens is 2. The van der Waals surface area contributed by atoms with Gasteiger partial charge in [-0.3, -0.25) is 0 Å². The normalized spacial score (nSPS) is 11.3. The van der Waals surface area contributed by atoms with Gasteiger partial charge in [0.2, 0.25) is 0 Å². The number of fused-ring (bicyclic) bond motifs is 1. The zero-order valence-corrected chi connectivity index (χ0v) is 15.0. The number of H-pyrrole nitrogens is 1. The Morgan fingerprint density at radius 3 is 2.73 bits per heavy atom. The lowest BCUT2D eigenvalue weighted by atomic mass is 10.1. The monoisotopic (exact) mass is 347 g/mol. The van der Waals surface area contributed by atoms with Crippen molar-refractivity contribution < 1.29 is 9.47 Å². The standard InChI is InChI=1S/C21H21N3O2/c1-3-11-26-19-10-9-15(13-20(19)25-4-2)12-16(14-22)21-23-17-7-5-6-8-18(17)24-21/h5-10,12-13H,3-4,11H2,1-2H3,(H,23,24)/b16-12-. The second-order valence-corrected chi connectivity index (χ2v) is 5.76. The number of nitrogens with one attached hydrogen (secondary N) is 1. The van der Waals surface area contributed by atoms with Gasteiger partial charge in [-0.15, -0.1) is 0 Å². The van der Waals surface area contributed by atoms with Crippen LogP contribution in [0, 0.1) is 11.3 Å². The molecule has 0 unspecified atom stereocenters. The van der Waals surface area contributed by atoms with Crippen LogP contribution in [0.4, 0.5) is 0 Å². The van der Waals surface area contributed by atoms with Crippen molar-refractivity contribution in [2.24, 2.45) is 0 Å². The minimum atomic E-state index is 0.464. The first-order valence-corrected chi connectivity index (χ1v) is 8.71. The number of hydrogen-bond donors (Lipinski definition) is 1. The largest absolute Gasteiger partial charge is 0.490 e. The Balaban J connectivity index is 1.95. The molecule has 0 saturated carbocycles. The van der Waals surface area contributed by atoms with Gasteiger partial charge in [-0.25, -0.2) is 4.98 Å². The minimum absolute atomic E-state index is 0.464. The van der Waals surface area contributed by atoms with Crippen molar-refractivity contribution in [2.75, 3.05) is 13.2 Å². The van der Waals surface area contributed by atoms with Crippen molar-refractivity contribution in [3.05, 3.63) is 53.9 Å². The molecule has 132 valence electrons. The Kier molecular flexibility index (Phi) is 5.55. The van der Waals surface area contributed by atoms with Gasteiger partial charge in [0.1, 0.15) is 11.9 Å². The summed E-state index contributed by atoms with van der Waals surface area (Å²) in [5.74, 6) is 1.95. The molecule has 2 aromatic carbocycles. The van der Waals surface area contributed by atoms with E-state index >= 15 is 0 Å². The van der Waals surface area contributed by atoms with E-state index in [1.54, 1.807) is 6.08 Å². The van der Waals surface area contributed by atoms with Crippen molar-refractivity contribution in [3.8, 4) is 17.6 Å². The third kappa shape index (κ3) is 3.86. The molecule has 0 spiro atoms. The number of para-hydroxylation sites is 2. The van der Waals surface area contributed by atoms with E-state index in [1.807, 2.05) is 49.4 Å². The predicted molar refractivity (Wildman–Crippen MR) is 103 cm³/mol. The fraction of sp³-hybridized carbons (Fsp3) is 0.238. The predicted octanol–water partition coefficient (Wildman–Crippen LogP) is 4.81. The summed E-state index contributed by atoms with van der Waals surface area (Å²) in [6, 6.07) is 15.6. The van der Waals surface area contributed by atoms with Gasteiger partial charge in [-0.1, -0.05) is 25.1 Å². The third-order valence-electron chi connectivity index (χ3n) is 3.81.